The predicted molar refractivity (Wildman–Crippen MR) is 82.9 cm³/mol. The lowest BCUT2D eigenvalue weighted by molar-refractivity contribution is 1.16. The molecule has 4 rings (SSSR count). The fourth-order valence-corrected chi connectivity index (χ4v) is 2.73. The molecule has 2 aromatic heterocycles. The minimum absolute atomic E-state index is 1.02. The molecule has 96 valence electrons. The van der Waals surface area contributed by atoms with Crippen molar-refractivity contribution in [3.63, 3.8) is 0 Å². The molecule has 0 unspecified atom stereocenters. The van der Waals surface area contributed by atoms with E-state index in [0.717, 1.165) is 11.3 Å². The first-order chi connectivity index (χ1) is 9.83. The van der Waals surface area contributed by atoms with Crippen molar-refractivity contribution in [1.82, 2.24) is 9.38 Å². The molecule has 0 bridgehead atoms. The van der Waals surface area contributed by atoms with Crippen LogP contribution >= 0.6 is 0 Å². The summed E-state index contributed by atoms with van der Waals surface area (Å²) in [4.78, 5) is 4.80. The average molecular weight is 258 g/mol. The molecular formula is C18H14N2. The van der Waals surface area contributed by atoms with Crippen molar-refractivity contribution in [2.24, 2.45) is 0 Å². The Kier molecular flexibility index (Phi) is 2.36. The molecule has 20 heavy (non-hydrogen) atoms. The smallest absolute Gasteiger partial charge is 0.140 e. The highest BCUT2D eigenvalue weighted by Crippen LogP contribution is 2.28. The van der Waals surface area contributed by atoms with Gasteiger partial charge in [0.2, 0.25) is 0 Å². The molecule has 4 aromatic rings. The molecule has 2 heterocycles. The normalized spacial score (nSPS) is 11.2. The number of hydrogen-bond acceptors (Lipinski definition) is 1. The zero-order chi connectivity index (χ0) is 13.5. The third kappa shape index (κ3) is 1.62. The highest BCUT2D eigenvalue weighted by molar-refractivity contribution is 5.96. The summed E-state index contributed by atoms with van der Waals surface area (Å²) >= 11 is 0. The first-order valence-electron chi connectivity index (χ1n) is 6.75. The molecule has 2 aromatic carbocycles. The van der Waals surface area contributed by atoms with Crippen LogP contribution in [0, 0.1) is 6.92 Å². The van der Waals surface area contributed by atoms with Crippen molar-refractivity contribution in [3.8, 4) is 11.3 Å². The largest absolute Gasteiger partial charge is 0.306 e. The van der Waals surface area contributed by atoms with Crippen molar-refractivity contribution in [2.75, 3.05) is 0 Å². The molecule has 0 saturated heterocycles. The van der Waals surface area contributed by atoms with Gasteiger partial charge in [-0.15, -0.1) is 0 Å². The Morgan fingerprint density at radius 1 is 0.900 bits per heavy atom. The summed E-state index contributed by atoms with van der Waals surface area (Å²) < 4.78 is 2.09. The van der Waals surface area contributed by atoms with Crippen LogP contribution < -0.4 is 0 Å². The van der Waals surface area contributed by atoms with Crippen LogP contribution in [0.25, 0.3) is 27.7 Å². The summed E-state index contributed by atoms with van der Waals surface area (Å²) in [5, 5.41) is 2.50. The van der Waals surface area contributed by atoms with Crippen molar-refractivity contribution < 1.29 is 0 Å². The maximum absolute atomic E-state index is 4.80. The van der Waals surface area contributed by atoms with E-state index in [1.807, 2.05) is 6.20 Å². The van der Waals surface area contributed by atoms with Crippen LogP contribution in [0.2, 0.25) is 0 Å². The van der Waals surface area contributed by atoms with Gasteiger partial charge in [0.25, 0.3) is 0 Å². The van der Waals surface area contributed by atoms with E-state index < -0.39 is 0 Å². The number of aryl methyl sites for hydroxylation is 1. The number of rotatable bonds is 1. The Morgan fingerprint density at radius 3 is 2.65 bits per heavy atom. The lowest BCUT2D eigenvalue weighted by Crippen LogP contribution is -1.84. The molecule has 0 aliphatic heterocycles. The topological polar surface area (TPSA) is 17.3 Å². The quantitative estimate of drug-likeness (QED) is 0.492. The van der Waals surface area contributed by atoms with E-state index in [9.17, 15) is 0 Å². The first-order valence-corrected chi connectivity index (χ1v) is 6.75. The molecule has 0 saturated carbocycles. The van der Waals surface area contributed by atoms with Gasteiger partial charge in [-0.25, -0.2) is 4.98 Å². The van der Waals surface area contributed by atoms with E-state index in [4.69, 9.17) is 4.98 Å². The lowest BCUT2D eigenvalue weighted by Gasteiger charge is -2.02. The third-order valence-corrected chi connectivity index (χ3v) is 3.74. The van der Waals surface area contributed by atoms with E-state index in [1.165, 1.54) is 21.9 Å². The Labute approximate surface area is 117 Å². The van der Waals surface area contributed by atoms with Gasteiger partial charge in [0, 0.05) is 18.0 Å². The second-order valence-corrected chi connectivity index (χ2v) is 5.07. The van der Waals surface area contributed by atoms with Gasteiger partial charge < -0.3 is 4.40 Å². The lowest BCUT2D eigenvalue weighted by atomic mass is 10.0. The molecule has 2 heteroatoms. The minimum atomic E-state index is 1.02. The second kappa shape index (κ2) is 4.20. The van der Waals surface area contributed by atoms with E-state index >= 15 is 0 Å². The molecule has 0 spiro atoms. The number of imidazole rings is 1. The molecule has 0 aliphatic rings. The van der Waals surface area contributed by atoms with Crippen LogP contribution in [0.15, 0.2) is 67.0 Å². The van der Waals surface area contributed by atoms with E-state index in [0.29, 0.717) is 0 Å². The summed E-state index contributed by atoms with van der Waals surface area (Å²) in [6.45, 7) is 2.09. The van der Waals surface area contributed by atoms with Crippen molar-refractivity contribution in [3.05, 3.63) is 72.6 Å². The number of pyridine rings is 1. The highest BCUT2D eigenvalue weighted by atomic mass is 15.0. The molecule has 0 radical (unpaired) electrons. The van der Waals surface area contributed by atoms with Gasteiger partial charge in [-0.1, -0.05) is 48.5 Å². The summed E-state index contributed by atoms with van der Waals surface area (Å²) in [7, 11) is 0. The summed E-state index contributed by atoms with van der Waals surface area (Å²) in [5.74, 6) is 0. The maximum atomic E-state index is 4.80. The fraction of sp³-hybridized carbons (Fsp3) is 0.0556. The molecule has 0 fully saturated rings. The zero-order valence-electron chi connectivity index (χ0n) is 11.2. The van der Waals surface area contributed by atoms with Gasteiger partial charge in [0.15, 0.2) is 0 Å². The van der Waals surface area contributed by atoms with Crippen molar-refractivity contribution in [1.29, 1.82) is 0 Å². The van der Waals surface area contributed by atoms with Crippen LogP contribution in [0.1, 0.15) is 5.56 Å². The third-order valence-electron chi connectivity index (χ3n) is 3.74. The van der Waals surface area contributed by atoms with E-state index in [-0.39, 0.29) is 0 Å². The zero-order valence-corrected chi connectivity index (χ0v) is 11.2. The minimum Gasteiger partial charge on any atom is -0.306 e. The molecule has 0 N–H and O–H groups in total. The van der Waals surface area contributed by atoms with Crippen molar-refractivity contribution in [2.45, 2.75) is 6.92 Å². The van der Waals surface area contributed by atoms with Crippen LogP contribution in [-0.4, -0.2) is 9.38 Å². The van der Waals surface area contributed by atoms with Gasteiger partial charge in [0.05, 0.1) is 5.69 Å². The summed E-state index contributed by atoms with van der Waals surface area (Å²) in [5.41, 5.74) is 4.43. The SMILES string of the molecule is Cc1cccn2cc(-c3cccc4ccccc34)nc12. The number of benzene rings is 2. The Hall–Kier alpha value is -2.61. The summed E-state index contributed by atoms with van der Waals surface area (Å²) in [6, 6.07) is 19.0. The molecule has 0 atom stereocenters. The first kappa shape index (κ1) is 11.2. The van der Waals surface area contributed by atoms with Gasteiger partial charge in [0.1, 0.15) is 5.65 Å². The highest BCUT2D eigenvalue weighted by Gasteiger charge is 2.08. The molecule has 0 aliphatic carbocycles. The number of aromatic nitrogens is 2. The molecule has 2 nitrogen and oxygen atoms in total. The predicted octanol–water partition coefficient (Wildman–Crippen LogP) is 4.46. The van der Waals surface area contributed by atoms with E-state index in [2.05, 4.69) is 72.1 Å². The van der Waals surface area contributed by atoms with Gasteiger partial charge in [-0.05, 0) is 29.3 Å². The monoisotopic (exact) mass is 258 g/mol. The number of fused-ring (bicyclic) bond motifs is 2. The Balaban J connectivity index is 2.04. The molecular weight excluding hydrogens is 244 g/mol. The summed E-state index contributed by atoms with van der Waals surface area (Å²) in [6.07, 6.45) is 4.15. The van der Waals surface area contributed by atoms with Crippen LogP contribution in [0.5, 0.6) is 0 Å². The maximum Gasteiger partial charge on any atom is 0.140 e. The van der Waals surface area contributed by atoms with Crippen LogP contribution in [0.3, 0.4) is 0 Å². The Bertz CT molecular complexity index is 914. The standard InChI is InChI=1S/C18H14N2/c1-13-6-5-11-20-12-17(19-18(13)20)16-10-4-8-14-7-2-3-9-15(14)16/h2-12H,1H3. The Morgan fingerprint density at radius 2 is 1.75 bits per heavy atom. The number of hydrogen-bond donors (Lipinski definition) is 0. The average Bonchev–Trinajstić information content (AvgIpc) is 2.92. The van der Waals surface area contributed by atoms with Gasteiger partial charge >= 0.3 is 0 Å². The van der Waals surface area contributed by atoms with Crippen LogP contribution in [0.4, 0.5) is 0 Å². The van der Waals surface area contributed by atoms with Gasteiger partial charge in [-0.2, -0.15) is 0 Å². The van der Waals surface area contributed by atoms with E-state index in [1.54, 1.807) is 0 Å². The van der Waals surface area contributed by atoms with Crippen LogP contribution in [-0.2, 0) is 0 Å². The fourth-order valence-electron chi connectivity index (χ4n) is 2.73. The number of nitrogens with zero attached hydrogens (tertiary/aromatic N) is 2. The second-order valence-electron chi connectivity index (χ2n) is 5.07. The van der Waals surface area contributed by atoms with Crippen molar-refractivity contribution >= 4 is 16.4 Å². The molecule has 0 amide bonds. The van der Waals surface area contributed by atoms with Gasteiger partial charge in [-0.3, -0.25) is 0 Å².